The van der Waals surface area contributed by atoms with Crippen LogP contribution in [-0.2, 0) is 9.59 Å². The number of amides is 2. The zero-order chi connectivity index (χ0) is 24.0. The Labute approximate surface area is 196 Å². The standard InChI is InChI=1S/C24H28N8O2/c1-13(2)32-12-16-6-5-15(8-18(16)30-32)20-7-4-14(3)11-31(20)24(34)23(33)28-19-10-26-22(25)17-9-27-29-21(17)19/h5-6,8-10,12-14,20H,4,7,11H2,1-3H3,(H2,25,26)(H,27,29)(H,28,33)/t14-,20+/m0/s1. The van der Waals surface area contributed by atoms with E-state index in [9.17, 15) is 9.59 Å². The number of aromatic amines is 1. The van der Waals surface area contributed by atoms with Crippen molar-refractivity contribution in [1.29, 1.82) is 0 Å². The van der Waals surface area contributed by atoms with Crippen molar-refractivity contribution >= 4 is 45.1 Å². The Morgan fingerprint density at radius 2 is 2.06 bits per heavy atom. The van der Waals surface area contributed by atoms with Crippen LogP contribution in [0, 0.1) is 5.92 Å². The average Bonchev–Trinajstić information content (AvgIpc) is 3.48. The number of nitrogens with zero attached hydrogens (tertiary/aromatic N) is 5. The number of hydrogen-bond donors (Lipinski definition) is 3. The van der Waals surface area contributed by atoms with Gasteiger partial charge in [0.2, 0.25) is 0 Å². The molecule has 1 aromatic carbocycles. The number of carbonyl (C=O) groups is 2. The average molecular weight is 461 g/mol. The lowest BCUT2D eigenvalue weighted by Gasteiger charge is -2.38. The third kappa shape index (κ3) is 3.85. The number of nitrogens with one attached hydrogen (secondary N) is 2. The molecule has 0 aliphatic carbocycles. The van der Waals surface area contributed by atoms with E-state index in [4.69, 9.17) is 5.73 Å². The van der Waals surface area contributed by atoms with Crippen molar-refractivity contribution in [3.63, 3.8) is 0 Å². The van der Waals surface area contributed by atoms with E-state index < -0.39 is 11.8 Å². The minimum absolute atomic E-state index is 0.195. The van der Waals surface area contributed by atoms with Crippen LogP contribution in [0.5, 0.6) is 0 Å². The number of hydrogen-bond acceptors (Lipinski definition) is 6. The van der Waals surface area contributed by atoms with Gasteiger partial charge in [0.15, 0.2) is 0 Å². The van der Waals surface area contributed by atoms with Gasteiger partial charge in [0.1, 0.15) is 5.82 Å². The highest BCUT2D eigenvalue weighted by Gasteiger charge is 2.34. The van der Waals surface area contributed by atoms with Gasteiger partial charge in [-0.3, -0.25) is 19.4 Å². The summed E-state index contributed by atoms with van der Waals surface area (Å²) in [6.45, 7) is 6.78. The van der Waals surface area contributed by atoms with Crippen LogP contribution in [0.1, 0.15) is 51.3 Å². The topological polar surface area (TPSA) is 135 Å². The predicted octanol–water partition coefficient (Wildman–Crippen LogP) is 3.41. The quantitative estimate of drug-likeness (QED) is 0.401. The molecule has 5 rings (SSSR count). The number of likely N-dealkylation sites (tertiary alicyclic amines) is 1. The second kappa shape index (κ2) is 8.44. The fourth-order valence-electron chi connectivity index (χ4n) is 4.60. The van der Waals surface area contributed by atoms with Crippen LogP contribution in [0.25, 0.3) is 21.8 Å². The summed E-state index contributed by atoms with van der Waals surface area (Å²) >= 11 is 0. The third-order valence-electron chi connectivity index (χ3n) is 6.50. The van der Waals surface area contributed by atoms with E-state index in [1.165, 1.54) is 12.4 Å². The summed E-state index contributed by atoms with van der Waals surface area (Å²) in [7, 11) is 0. The van der Waals surface area contributed by atoms with Crippen LogP contribution in [-0.4, -0.2) is 48.2 Å². The molecule has 34 heavy (non-hydrogen) atoms. The third-order valence-corrected chi connectivity index (χ3v) is 6.50. The van der Waals surface area contributed by atoms with Crippen molar-refractivity contribution in [2.45, 2.75) is 45.7 Å². The van der Waals surface area contributed by atoms with Crippen LogP contribution >= 0.6 is 0 Å². The normalized spacial score (nSPS) is 18.6. The van der Waals surface area contributed by atoms with Crippen molar-refractivity contribution in [2.75, 3.05) is 17.6 Å². The zero-order valence-electron chi connectivity index (χ0n) is 19.4. The van der Waals surface area contributed by atoms with Gasteiger partial charge < -0.3 is 16.0 Å². The molecule has 2 amide bonds. The largest absolute Gasteiger partial charge is 0.383 e. The second-order valence-corrected chi connectivity index (χ2v) is 9.35. The van der Waals surface area contributed by atoms with E-state index in [1.807, 2.05) is 29.1 Å². The molecule has 1 fully saturated rings. The highest BCUT2D eigenvalue weighted by molar-refractivity contribution is 6.40. The number of fused-ring (bicyclic) bond motifs is 2. The Bertz CT molecular complexity index is 1390. The molecule has 4 aromatic rings. The number of nitrogen functional groups attached to an aromatic ring is 1. The summed E-state index contributed by atoms with van der Waals surface area (Å²) in [6, 6.07) is 6.17. The lowest BCUT2D eigenvalue weighted by molar-refractivity contribution is -0.146. The van der Waals surface area contributed by atoms with Crippen molar-refractivity contribution in [3.05, 3.63) is 42.4 Å². The van der Waals surface area contributed by atoms with Gasteiger partial charge >= 0.3 is 11.8 Å². The molecule has 1 aliphatic rings. The molecule has 4 heterocycles. The van der Waals surface area contributed by atoms with Crippen LogP contribution in [0.15, 0.2) is 36.8 Å². The summed E-state index contributed by atoms with van der Waals surface area (Å²) < 4.78 is 1.94. The maximum atomic E-state index is 13.4. The number of aromatic nitrogens is 5. The molecule has 0 bridgehead atoms. The van der Waals surface area contributed by atoms with Crippen LogP contribution in [0.3, 0.4) is 0 Å². The molecule has 0 spiro atoms. The Balaban J connectivity index is 1.42. The molecule has 0 saturated carbocycles. The molecule has 3 aromatic heterocycles. The number of piperidine rings is 1. The van der Waals surface area contributed by atoms with Crippen molar-refractivity contribution < 1.29 is 9.59 Å². The van der Waals surface area contributed by atoms with E-state index in [0.717, 1.165) is 29.3 Å². The summed E-state index contributed by atoms with van der Waals surface area (Å²) in [5.74, 6) is -0.691. The Hall–Kier alpha value is -3.95. The van der Waals surface area contributed by atoms with E-state index in [1.54, 1.807) is 4.90 Å². The molecule has 10 nitrogen and oxygen atoms in total. The van der Waals surface area contributed by atoms with E-state index >= 15 is 0 Å². The Kier molecular flexibility index (Phi) is 5.43. The monoisotopic (exact) mass is 460 g/mol. The molecule has 4 N–H and O–H groups in total. The number of benzene rings is 1. The molecular formula is C24H28N8O2. The van der Waals surface area contributed by atoms with Crippen LogP contribution in [0.4, 0.5) is 11.5 Å². The van der Waals surface area contributed by atoms with Gasteiger partial charge in [-0.1, -0.05) is 19.1 Å². The number of nitrogens with two attached hydrogens (primary N) is 1. The molecule has 1 saturated heterocycles. The minimum Gasteiger partial charge on any atom is -0.383 e. The first-order chi connectivity index (χ1) is 16.3. The van der Waals surface area contributed by atoms with Gasteiger partial charge in [-0.15, -0.1) is 0 Å². The number of pyridine rings is 1. The summed E-state index contributed by atoms with van der Waals surface area (Å²) in [4.78, 5) is 32.1. The number of H-pyrrole nitrogens is 1. The summed E-state index contributed by atoms with van der Waals surface area (Å²) in [5, 5.41) is 15.8. The first kappa shape index (κ1) is 21.9. The van der Waals surface area contributed by atoms with Gasteiger partial charge in [0, 0.05) is 24.2 Å². The fraction of sp³-hybridized carbons (Fsp3) is 0.375. The Morgan fingerprint density at radius 3 is 2.85 bits per heavy atom. The van der Waals surface area contributed by atoms with E-state index in [0.29, 0.717) is 34.9 Å². The SMILES string of the molecule is CC(C)n1cc2ccc([C@H]3CC[C@H](C)CN3C(=O)C(=O)Nc3cnc(N)c4cn[nH]c34)cc2n1. The second-order valence-electron chi connectivity index (χ2n) is 9.35. The highest BCUT2D eigenvalue weighted by atomic mass is 16.2. The smallest absolute Gasteiger partial charge is 0.314 e. The molecule has 10 heteroatoms. The molecule has 1 aliphatic heterocycles. The minimum atomic E-state index is -0.716. The lowest BCUT2D eigenvalue weighted by atomic mass is 9.89. The van der Waals surface area contributed by atoms with E-state index in [-0.39, 0.29) is 12.1 Å². The maximum absolute atomic E-state index is 13.4. The molecule has 0 unspecified atom stereocenters. The lowest BCUT2D eigenvalue weighted by Crippen LogP contribution is -2.46. The first-order valence-corrected chi connectivity index (χ1v) is 11.5. The van der Waals surface area contributed by atoms with Gasteiger partial charge in [0.05, 0.1) is 40.5 Å². The molecule has 176 valence electrons. The molecule has 0 radical (unpaired) electrons. The van der Waals surface area contributed by atoms with Gasteiger partial charge in [-0.05, 0) is 44.2 Å². The zero-order valence-corrected chi connectivity index (χ0v) is 19.4. The van der Waals surface area contributed by atoms with Crippen molar-refractivity contribution in [2.24, 2.45) is 5.92 Å². The van der Waals surface area contributed by atoms with Crippen molar-refractivity contribution in [1.82, 2.24) is 29.9 Å². The number of rotatable bonds is 3. The van der Waals surface area contributed by atoms with Crippen molar-refractivity contribution in [3.8, 4) is 0 Å². The predicted molar refractivity (Wildman–Crippen MR) is 130 cm³/mol. The number of anilines is 2. The molecular weight excluding hydrogens is 432 g/mol. The highest BCUT2D eigenvalue weighted by Crippen LogP contribution is 2.35. The van der Waals surface area contributed by atoms with Gasteiger partial charge in [-0.2, -0.15) is 10.2 Å². The maximum Gasteiger partial charge on any atom is 0.314 e. The Morgan fingerprint density at radius 1 is 1.24 bits per heavy atom. The fourth-order valence-corrected chi connectivity index (χ4v) is 4.60. The van der Waals surface area contributed by atoms with Gasteiger partial charge in [-0.25, -0.2) is 4.98 Å². The first-order valence-electron chi connectivity index (χ1n) is 11.5. The summed E-state index contributed by atoms with van der Waals surface area (Å²) in [5.41, 5.74) is 8.63. The molecule has 2 atom stereocenters. The van der Waals surface area contributed by atoms with E-state index in [2.05, 4.69) is 46.4 Å². The van der Waals surface area contributed by atoms with Crippen LogP contribution in [0.2, 0.25) is 0 Å². The number of carbonyl (C=O) groups excluding carboxylic acids is 2. The van der Waals surface area contributed by atoms with Gasteiger partial charge in [0.25, 0.3) is 0 Å². The summed E-state index contributed by atoms with van der Waals surface area (Å²) in [6.07, 6.45) is 6.75. The van der Waals surface area contributed by atoms with Crippen LogP contribution < -0.4 is 11.1 Å².